The van der Waals surface area contributed by atoms with Crippen molar-refractivity contribution in [2.75, 3.05) is 21.3 Å². The zero-order valence-corrected chi connectivity index (χ0v) is 7.99. The number of imide groups is 1. The molecule has 1 heterocycles. The molecule has 0 bridgehead atoms. The van der Waals surface area contributed by atoms with Crippen LogP contribution in [-0.4, -0.2) is 49.8 Å². The van der Waals surface area contributed by atoms with Crippen LogP contribution < -0.4 is 5.32 Å². The summed E-state index contributed by atoms with van der Waals surface area (Å²) in [6, 6.07) is -0.706. The molecular formula is C7H10N2O5. The van der Waals surface area contributed by atoms with Crippen LogP contribution in [0.4, 0.5) is 4.79 Å². The maximum absolute atomic E-state index is 11.3. The summed E-state index contributed by atoms with van der Waals surface area (Å²) in [5, 5.41) is 1.95. The lowest BCUT2D eigenvalue weighted by molar-refractivity contribution is -0.184. The molecule has 0 aliphatic carbocycles. The van der Waals surface area contributed by atoms with Gasteiger partial charge in [0.05, 0.1) is 7.11 Å². The highest BCUT2D eigenvalue weighted by molar-refractivity contribution is 6.17. The molecule has 1 fully saturated rings. The van der Waals surface area contributed by atoms with Gasteiger partial charge in [0.25, 0.3) is 5.91 Å². The number of esters is 1. The van der Waals surface area contributed by atoms with Crippen molar-refractivity contribution in [3.05, 3.63) is 0 Å². The molecule has 1 unspecified atom stereocenters. The summed E-state index contributed by atoms with van der Waals surface area (Å²) in [5.41, 5.74) is -1.99. The van der Waals surface area contributed by atoms with E-state index >= 15 is 0 Å². The van der Waals surface area contributed by atoms with Crippen LogP contribution in [0.1, 0.15) is 0 Å². The van der Waals surface area contributed by atoms with E-state index in [0.717, 1.165) is 19.1 Å². The van der Waals surface area contributed by atoms with Crippen LogP contribution in [-0.2, 0) is 19.1 Å². The van der Waals surface area contributed by atoms with Gasteiger partial charge in [-0.3, -0.25) is 15.0 Å². The third-order valence-corrected chi connectivity index (χ3v) is 2.06. The van der Waals surface area contributed by atoms with E-state index in [-0.39, 0.29) is 0 Å². The van der Waals surface area contributed by atoms with E-state index in [9.17, 15) is 14.4 Å². The fourth-order valence-electron chi connectivity index (χ4n) is 1.24. The molecule has 14 heavy (non-hydrogen) atoms. The van der Waals surface area contributed by atoms with Crippen LogP contribution in [0.25, 0.3) is 0 Å². The Morgan fingerprint density at radius 2 is 2.00 bits per heavy atom. The lowest BCUT2D eigenvalue weighted by atomic mass is 10.2. The number of carbonyl (C=O) groups is 3. The second-order valence-electron chi connectivity index (χ2n) is 2.66. The van der Waals surface area contributed by atoms with Gasteiger partial charge in [-0.15, -0.1) is 0 Å². The first kappa shape index (κ1) is 10.5. The Morgan fingerprint density at radius 1 is 1.43 bits per heavy atom. The lowest BCUT2D eigenvalue weighted by Gasteiger charge is -2.27. The number of hydrogen-bond donors (Lipinski definition) is 1. The maximum atomic E-state index is 11.3. The fraction of sp³-hybridized carbons (Fsp3) is 0.571. The van der Waals surface area contributed by atoms with Crippen molar-refractivity contribution in [2.45, 2.75) is 5.72 Å². The first-order valence-electron chi connectivity index (χ1n) is 3.73. The van der Waals surface area contributed by atoms with E-state index in [1.54, 1.807) is 0 Å². The average Bonchev–Trinajstić information content (AvgIpc) is 2.39. The predicted molar refractivity (Wildman–Crippen MR) is 43.1 cm³/mol. The molecule has 1 aliphatic rings. The van der Waals surface area contributed by atoms with E-state index < -0.39 is 23.6 Å². The number of methoxy groups -OCH3 is 2. The van der Waals surface area contributed by atoms with E-state index in [0.29, 0.717) is 0 Å². The van der Waals surface area contributed by atoms with Gasteiger partial charge < -0.3 is 9.47 Å². The second kappa shape index (κ2) is 3.26. The van der Waals surface area contributed by atoms with E-state index in [2.05, 4.69) is 4.74 Å². The van der Waals surface area contributed by atoms with E-state index in [4.69, 9.17) is 4.74 Å². The highest BCUT2D eigenvalue weighted by Crippen LogP contribution is 2.22. The number of likely N-dealkylation sites (N-methyl/N-ethyl adjacent to an activating group) is 1. The molecule has 1 saturated heterocycles. The van der Waals surface area contributed by atoms with Gasteiger partial charge in [0, 0.05) is 14.2 Å². The Balaban J connectivity index is 3.16. The van der Waals surface area contributed by atoms with E-state index in [1.165, 1.54) is 7.05 Å². The van der Waals surface area contributed by atoms with Crippen LogP contribution in [0.3, 0.4) is 0 Å². The van der Waals surface area contributed by atoms with Gasteiger partial charge in [0.2, 0.25) is 0 Å². The molecule has 0 aromatic heterocycles. The van der Waals surface area contributed by atoms with Gasteiger partial charge in [-0.25, -0.2) is 9.59 Å². The number of hydrogen-bond acceptors (Lipinski definition) is 5. The molecule has 0 aromatic rings. The Labute approximate surface area is 79.9 Å². The zero-order chi connectivity index (χ0) is 10.9. The standard InChI is InChI=1S/C7H10N2O5/c1-9-6(12)8-4(10)7(9,14-3)5(11)13-2/h1-3H3,(H,8,10,12). The molecular weight excluding hydrogens is 192 g/mol. The summed E-state index contributed by atoms with van der Waals surface area (Å²) in [6.07, 6.45) is 0. The molecule has 7 nitrogen and oxygen atoms in total. The van der Waals surface area contributed by atoms with Crippen LogP contribution in [0.15, 0.2) is 0 Å². The van der Waals surface area contributed by atoms with Gasteiger partial charge in [0.15, 0.2) is 0 Å². The minimum Gasteiger partial charge on any atom is -0.465 e. The zero-order valence-electron chi connectivity index (χ0n) is 7.99. The SMILES string of the molecule is COC(=O)C1(OC)C(=O)NC(=O)N1C. The summed E-state index contributed by atoms with van der Waals surface area (Å²) in [4.78, 5) is 34.6. The van der Waals surface area contributed by atoms with Crippen LogP contribution in [0, 0.1) is 0 Å². The summed E-state index contributed by atoms with van der Waals surface area (Å²) in [7, 11) is 3.51. The van der Waals surface area contributed by atoms with Crippen molar-refractivity contribution in [1.82, 2.24) is 10.2 Å². The van der Waals surface area contributed by atoms with Gasteiger partial charge in [-0.1, -0.05) is 0 Å². The first-order valence-corrected chi connectivity index (χ1v) is 3.73. The third-order valence-electron chi connectivity index (χ3n) is 2.06. The minimum atomic E-state index is -1.99. The second-order valence-corrected chi connectivity index (χ2v) is 2.66. The first-order chi connectivity index (χ1) is 6.50. The Kier molecular flexibility index (Phi) is 2.43. The molecule has 3 amide bonds. The highest BCUT2D eigenvalue weighted by Gasteiger charge is 2.59. The van der Waals surface area contributed by atoms with Crippen LogP contribution in [0.5, 0.6) is 0 Å². The fourth-order valence-corrected chi connectivity index (χ4v) is 1.24. The van der Waals surface area contributed by atoms with Crippen molar-refractivity contribution in [3.8, 4) is 0 Å². The van der Waals surface area contributed by atoms with Gasteiger partial charge in [0.1, 0.15) is 0 Å². The number of urea groups is 1. The minimum absolute atomic E-state index is 0.706. The van der Waals surface area contributed by atoms with Gasteiger partial charge in [-0.2, -0.15) is 0 Å². The van der Waals surface area contributed by atoms with Crippen molar-refractivity contribution >= 4 is 17.9 Å². The molecule has 78 valence electrons. The molecule has 0 radical (unpaired) electrons. The van der Waals surface area contributed by atoms with Crippen molar-refractivity contribution in [1.29, 1.82) is 0 Å². The molecule has 1 aliphatic heterocycles. The summed E-state index contributed by atoms with van der Waals surface area (Å²) in [6.45, 7) is 0. The van der Waals surface area contributed by atoms with Gasteiger partial charge in [-0.05, 0) is 0 Å². The summed E-state index contributed by atoms with van der Waals surface area (Å²) in [5.74, 6) is -1.79. The molecule has 7 heteroatoms. The normalized spacial score (nSPS) is 26.4. The molecule has 0 spiro atoms. The van der Waals surface area contributed by atoms with Crippen LogP contribution >= 0.6 is 0 Å². The number of carbonyl (C=O) groups excluding carboxylic acids is 3. The molecule has 1 atom stereocenters. The quantitative estimate of drug-likeness (QED) is 0.341. The highest BCUT2D eigenvalue weighted by atomic mass is 16.6. The number of ether oxygens (including phenoxy) is 2. The summed E-state index contributed by atoms with van der Waals surface area (Å²) < 4.78 is 9.16. The lowest BCUT2D eigenvalue weighted by Crippen LogP contribution is -2.56. The number of nitrogens with zero attached hydrogens (tertiary/aromatic N) is 1. The Morgan fingerprint density at radius 3 is 2.29 bits per heavy atom. The Bertz CT molecular complexity index is 302. The molecule has 0 aromatic carbocycles. The molecule has 0 saturated carbocycles. The average molecular weight is 202 g/mol. The topological polar surface area (TPSA) is 84.9 Å². The van der Waals surface area contributed by atoms with Crippen molar-refractivity contribution in [3.63, 3.8) is 0 Å². The smallest absolute Gasteiger partial charge is 0.370 e. The summed E-state index contributed by atoms with van der Waals surface area (Å²) >= 11 is 0. The van der Waals surface area contributed by atoms with Gasteiger partial charge >= 0.3 is 17.7 Å². The predicted octanol–water partition coefficient (Wildman–Crippen LogP) is -1.32. The number of rotatable bonds is 2. The maximum Gasteiger partial charge on any atom is 0.370 e. The van der Waals surface area contributed by atoms with E-state index in [1.807, 2.05) is 5.32 Å². The Hall–Kier alpha value is -1.63. The third kappa shape index (κ3) is 1.06. The molecule has 1 N–H and O–H groups in total. The molecule has 1 rings (SSSR count). The monoisotopic (exact) mass is 202 g/mol. The number of amides is 3. The van der Waals surface area contributed by atoms with Crippen LogP contribution in [0.2, 0.25) is 0 Å². The van der Waals surface area contributed by atoms with Crippen molar-refractivity contribution < 1.29 is 23.9 Å². The van der Waals surface area contributed by atoms with Crippen molar-refractivity contribution in [2.24, 2.45) is 0 Å². The number of nitrogens with one attached hydrogen (secondary N) is 1. The largest absolute Gasteiger partial charge is 0.465 e.